The lowest BCUT2D eigenvalue weighted by molar-refractivity contribution is 1.07. The van der Waals surface area contributed by atoms with Crippen molar-refractivity contribution in [3.05, 3.63) is 237 Å². The number of pyridine rings is 1. The van der Waals surface area contributed by atoms with Crippen LogP contribution in [0.25, 0.3) is 128 Å². The Kier molecular flexibility index (Phi) is 8.75. The highest BCUT2D eigenvalue weighted by atomic mass is 15.0. The van der Waals surface area contributed by atoms with Crippen molar-refractivity contribution in [2.45, 2.75) is 0 Å². The summed E-state index contributed by atoms with van der Waals surface area (Å²) in [5.74, 6) is 1.83. The van der Waals surface area contributed by atoms with E-state index in [0.717, 1.165) is 77.7 Å². The number of aromatic nitrogens is 7. The van der Waals surface area contributed by atoms with Gasteiger partial charge in [0.2, 0.25) is 0 Å². The van der Waals surface area contributed by atoms with E-state index in [9.17, 15) is 0 Å². The van der Waals surface area contributed by atoms with Crippen molar-refractivity contribution in [2.75, 3.05) is 0 Å². The second kappa shape index (κ2) is 15.6. The Morgan fingerprint density at radius 1 is 0.319 bits per heavy atom. The lowest BCUT2D eigenvalue weighted by atomic mass is 10.0. The van der Waals surface area contributed by atoms with E-state index in [-0.39, 0.29) is 0 Å². The van der Waals surface area contributed by atoms with Crippen LogP contribution in [0, 0.1) is 0 Å². The van der Waals surface area contributed by atoms with Crippen molar-refractivity contribution in [3.8, 4) is 62.5 Å². The van der Waals surface area contributed by atoms with E-state index in [1.807, 2.05) is 42.6 Å². The molecule has 7 heteroatoms. The van der Waals surface area contributed by atoms with Gasteiger partial charge in [-0.25, -0.2) is 15.0 Å². The van der Waals surface area contributed by atoms with E-state index >= 15 is 0 Å². The summed E-state index contributed by atoms with van der Waals surface area (Å²) in [7, 11) is 0. The first-order chi connectivity index (χ1) is 34.2. The first-order valence-corrected chi connectivity index (χ1v) is 23.2. The summed E-state index contributed by atoms with van der Waals surface area (Å²) < 4.78 is 7.01. The first kappa shape index (κ1) is 38.8. The monoisotopic (exact) mass is 881 g/mol. The Hall–Kier alpha value is -9.46. The molecular weight excluding hydrogens is 843 g/mol. The molecule has 14 rings (SSSR count). The summed E-state index contributed by atoms with van der Waals surface area (Å²) in [5.41, 5.74) is 13.6. The van der Waals surface area contributed by atoms with Gasteiger partial charge >= 0.3 is 0 Å². The molecular formula is C62H39N7. The van der Waals surface area contributed by atoms with Crippen LogP contribution in [0.3, 0.4) is 0 Å². The molecule has 0 N–H and O–H groups in total. The zero-order valence-electron chi connectivity index (χ0n) is 37.1. The van der Waals surface area contributed by atoms with Crippen LogP contribution in [0.5, 0.6) is 0 Å². The summed E-state index contributed by atoms with van der Waals surface area (Å²) in [5, 5.41) is 8.21. The predicted molar refractivity (Wildman–Crippen MR) is 282 cm³/mol. The summed E-state index contributed by atoms with van der Waals surface area (Å²) in [4.78, 5) is 20.5. The minimum atomic E-state index is 0.598. The topological polar surface area (TPSA) is 66.3 Å². The minimum absolute atomic E-state index is 0.598. The van der Waals surface area contributed by atoms with Crippen LogP contribution in [0.2, 0.25) is 0 Å². The number of para-hydroxylation sites is 3. The molecule has 0 unspecified atom stereocenters. The van der Waals surface area contributed by atoms with Gasteiger partial charge in [-0.15, -0.1) is 0 Å². The predicted octanol–water partition coefficient (Wildman–Crippen LogP) is 15.2. The van der Waals surface area contributed by atoms with Gasteiger partial charge in [0.1, 0.15) is 0 Å². The van der Waals surface area contributed by atoms with Gasteiger partial charge in [-0.2, -0.15) is 0 Å². The highest BCUT2D eigenvalue weighted by molar-refractivity contribution is 6.15. The SMILES string of the molecule is c1ccc(-c2nc(-c3ccc(-c4nccc5c6cc(-n7c8ccccc8c8ccccc87)ccc6n(-c6cccc7ccccc67)c45)cc3)nc(-c3ccc4c(ccn4-c4ccccc4)c3)n2)cc1. The van der Waals surface area contributed by atoms with Gasteiger partial charge in [0.15, 0.2) is 17.5 Å². The van der Waals surface area contributed by atoms with Crippen molar-refractivity contribution in [3.63, 3.8) is 0 Å². The van der Waals surface area contributed by atoms with Crippen LogP contribution in [0.1, 0.15) is 0 Å². The number of rotatable bonds is 7. The van der Waals surface area contributed by atoms with Crippen LogP contribution in [0.15, 0.2) is 237 Å². The number of nitrogens with zero attached hydrogens (tertiary/aromatic N) is 7. The number of fused-ring (bicyclic) bond motifs is 8. The molecule has 7 nitrogen and oxygen atoms in total. The van der Waals surface area contributed by atoms with Crippen LogP contribution >= 0.6 is 0 Å². The quantitative estimate of drug-likeness (QED) is 0.160. The number of hydrogen-bond acceptors (Lipinski definition) is 4. The molecule has 0 saturated heterocycles. The molecule has 0 fully saturated rings. The van der Waals surface area contributed by atoms with Crippen LogP contribution in [-0.2, 0) is 0 Å². The van der Waals surface area contributed by atoms with Crippen LogP contribution < -0.4 is 0 Å². The van der Waals surface area contributed by atoms with Gasteiger partial charge in [-0.1, -0.05) is 146 Å². The molecule has 5 aromatic heterocycles. The van der Waals surface area contributed by atoms with Gasteiger partial charge in [-0.05, 0) is 84.2 Å². The van der Waals surface area contributed by atoms with Crippen molar-refractivity contribution < 1.29 is 0 Å². The lowest BCUT2D eigenvalue weighted by Crippen LogP contribution is -2.00. The zero-order chi connectivity index (χ0) is 45.4. The van der Waals surface area contributed by atoms with Gasteiger partial charge in [0, 0.05) is 78.3 Å². The smallest absolute Gasteiger partial charge is 0.164 e. The molecule has 0 atom stereocenters. The maximum absolute atomic E-state index is 5.18. The second-order valence-electron chi connectivity index (χ2n) is 17.5. The molecule has 0 bridgehead atoms. The maximum Gasteiger partial charge on any atom is 0.164 e. The molecule has 14 aromatic rings. The molecule has 0 saturated carbocycles. The molecule has 5 heterocycles. The zero-order valence-corrected chi connectivity index (χ0v) is 37.1. The van der Waals surface area contributed by atoms with E-state index in [4.69, 9.17) is 19.9 Å². The largest absolute Gasteiger partial charge is 0.317 e. The Morgan fingerprint density at radius 2 is 0.899 bits per heavy atom. The molecule has 0 aliphatic carbocycles. The molecule has 0 radical (unpaired) electrons. The van der Waals surface area contributed by atoms with E-state index in [0.29, 0.717) is 17.5 Å². The average Bonchev–Trinajstić information content (AvgIpc) is 4.11. The third-order valence-corrected chi connectivity index (χ3v) is 13.6. The summed E-state index contributed by atoms with van der Waals surface area (Å²) in [6.07, 6.45) is 4.06. The van der Waals surface area contributed by atoms with Crippen molar-refractivity contribution in [1.29, 1.82) is 0 Å². The average molecular weight is 882 g/mol. The third kappa shape index (κ3) is 6.29. The highest BCUT2D eigenvalue weighted by Gasteiger charge is 2.22. The standard InChI is InChI=1S/C62H39N7/c1-3-15-42(16-4-1)60-64-61(66-62(65-60)45-30-32-53-44(38-45)35-37-67(53)46-18-5-2-6-19-46)43-28-26-41(27-29-43)58-59-51(34-36-63-58)52-39-47(68-55-23-11-9-21-49(55)50-22-10-12-24-56(50)68)31-33-57(52)69(59)54-25-13-17-40-14-7-8-20-48(40)54/h1-39H. The van der Waals surface area contributed by atoms with E-state index in [2.05, 4.69) is 208 Å². The Balaban J connectivity index is 0.927. The highest BCUT2D eigenvalue weighted by Crippen LogP contribution is 2.41. The third-order valence-electron chi connectivity index (χ3n) is 13.6. The maximum atomic E-state index is 5.18. The molecule has 0 aliphatic heterocycles. The van der Waals surface area contributed by atoms with Crippen molar-refractivity contribution in [1.82, 2.24) is 33.6 Å². The minimum Gasteiger partial charge on any atom is -0.317 e. The van der Waals surface area contributed by atoms with Crippen molar-refractivity contribution in [2.24, 2.45) is 0 Å². The Labute approximate surface area is 396 Å². The van der Waals surface area contributed by atoms with Crippen molar-refractivity contribution >= 4 is 65.3 Å². The summed E-state index contributed by atoms with van der Waals surface area (Å²) >= 11 is 0. The molecule has 0 spiro atoms. The fourth-order valence-corrected chi connectivity index (χ4v) is 10.4. The van der Waals surface area contributed by atoms with Crippen LogP contribution in [-0.4, -0.2) is 33.6 Å². The molecule has 0 amide bonds. The lowest BCUT2D eigenvalue weighted by Gasteiger charge is -2.14. The van der Waals surface area contributed by atoms with Crippen LogP contribution in [0.4, 0.5) is 0 Å². The fraction of sp³-hybridized carbons (Fsp3) is 0. The fourth-order valence-electron chi connectivity index (χ4n) is 10.4. The number of benzene rings is 9. The molecule has 322 valence electrons. The van der Waals surface area contributed by atoms with E-state index in [1.54, 1.807) is 0 Å². The molecule has 69 heavy (non-hydrogen) atoms. The molecule has 0 aliphatic rings. The first-order valence-electron chi connectivity index (χ1n) is 23.2. The Morgan fingerprint density at radius 3 is 1.65 bits per heavy atom. The summed E-state index contributed by atoms with van der Waals surface area (Å²) in [6.45, 7) is 0. The van der Waals surface area contributed by atoms with E-state index < -0.39 is 0 Å². The van der Waals surface area contributed by atoms with Gasteiger partial charge in [0.25, 0.3) is 0 Å². The molecule has 9 aromatic carbocycles. The number of hydrogen-bond donors (Lipinski definition) is 0. The summed E-state index contributed by atoms with van der Waals surface area (Å²) in [6, 6.07) is 79.2. The Bertz CT molecular complexity index is 4240. The van der Waals surface area contributed by atoms with Gasteiger partial charge in [-0.3, -0.25) is 4.98 Å². The van der Waals surface area contributed by atoms with Gasteiger partial charge < -0.3 is 13.7 Å². The van der Waals surface area contributed by atoms with E-state index in [1.165, 1.54) is 32.6 Å². The normalized spacial score (nSPS) is 11.8. The second-order valence-corrected chi connectivity index (χ2v) is 17.5. The van der Waals surface area contributed by atoms with Gasteiger partial charge in [0.05, 0.1) is 39.0 Å².